The second kappa shape index (κ2) is 7.26. The van der Waals surface area contributed by atoms with Gasteiger partial charge in [-0.2, -0.15) is 4.98 Å². The predicted octanol–water partition coefficient (Wildman–Crippen LogP) is 1.67. The number of anilines is 1. The summed E-state index contributed by atoms with van der Waals surface area (Å²) in [6.45, 7) is 1.45. The molecule has 0 radical (unpaired) electrons. The largest absolute Gasteiger partial charge is 0.354 e. The minimum atomic E-state index is -0.336. The molecule has 0 aliphatic heterocycles. The molecule has 9 heteroatoms. The Labute approximate surface area is 150 Å². The van der Waals surface area contributed by atoms with Crippen LogP contribution >= 0.6 is 22.6 Å². The van der Waals surface area contributed by atoms with Crippen LogP contribution in [0.15, 0.2) is 29.2 Å². The summed E-state index contributed by atoms with van der Waals surface area (Å²) >= 11 is 2.12. The van der Waals surface area contributed by atoms with Crippen LogP contribution in [-0.4, -0.2) is 32.6 Å². The normalized spacial score (nSPS) is 11.1. The van der Waals surface area contributed by atoms with Crippen molar-refractivity contribution < 1.29 is 4.39 Å². The standard InChI is InChI=1S/C15H16FIN6O/c16-10-2-3-11(17)9(6-10)8-23-13-12(21-15(23)24)7-20-14(22-13)19-5-1-4-18/h2-3,6-7H,1,4-5,8,18H2,(H,21,24)(H,19,20,22). The maximum Gasteiger partial charge on any atom is 0.328 e. The Bertz CT molecular complexity index is 922. The van der Waals surface area contributed by atoms with Crippen molar-refractivity contribution in [2.24, 2.45) is 5.73 Å². The highest BCUT2D eigenvalue weighted by Crippen LogP contribution is 2.17. The third-order valence-corrected chi connectivity index (χ3v) is 4.56. The number of H-pyrrole nitrogens is 1. The summed E-state index contributed by atoms with van der Waals surface area (Å²) < 4.78 is 15.8. The zero-order valence-electron chi connectivity index (χ0n) is 12.7. The lowest BCUT2D eigenvalue weighted by Gasteiger charge is -2.07. The molecule has 0 amide bonds. The number of halogens is 2. The fourth-order valence-electron chi connectivity index (χ4n) is 2.31. The predicted molar refractivity (Wildman–Crippen MR) is 98.5 cm³/mol. The van der Waals surface area contributed by atoms with Crippen molar-refractivity contribution in [2.45, 2.75) is 13.0 Å². The number of fused-ring (bicyclic) bond motifs is 1. The summed E-state index contributed by atoms with van der Waals surface area (Å²) in [5.74, 6) is 0.0923. The van der Waals surface area contributed by atoms with Gasteiger partial charge in [0.05, 0.1) is 12.7 Å². The molecule has 0 atom stereocenters. The molecular formula is C15H16FIN6O. The molecule has 3 rings (SSSR count). The molecule has 2 aromatic heterocycles. The van der Waals surface area contributed by atoms with Crippen molar-refractivity contribution in [1.29, 1.82) is 0 Å². The highest BCUT2D eigenvalue weighted by molar-refractivity contribution is 14.1. The third-order valence-electron chi connectivity index (χ3n) is 3.51. The number of hydrogen-bond donors (Lipinski definition) is 3. The molecule has 0 bridgehead atoms. The van der Waals surface area contributed by atoms with E-state index in [2.05, 4.69) is 42.9 Å². The van der Waals surface area contributed by atoms with Crippen LogP contribution < -0.4 is 16.7 Å². The van der Waals surface area contributed by atoms with Gasteiger partial charge in [-0.25, -0.2) is 14.2 Å². The summed E-state index contributed by atoms with van der Waals surface area (Å²) in [5, 5.41) is 3.07. The summed E-state index contributed by atoms with van der Waals surface area (Å²) in [6, 6.07) is 4.50. The van der Waals surface area contributed by atoms with Gasteiger partial charge in [-0.1, -0.05) is 0 Å². The summed E-state index contributed by atoms with van der Waals surface area (Å²) in [7, 11) is 0. The summed E-state index contributed by atoms with van der Waals surface area (Å²) in [4.78, 5) is 23.5. The Morgan fingerprint density at radius 3 is 3.04 bits per heavy atom. The SMILES string of the molecule is NCCCNc1ncc2[nH]c(=O)n(Cc3cc(F)ccc3I)c2n1. The first-order valence-electron chi connectivity index (χ1n) is 7.42. The fraction of sp³-hybridized carbons (Fsp3) is 0.267. The number of imidazole rings is 1. The number of aromatic nitrogens is 4. The van der Waals surface area contributed by atoms with Gasteiger partial charge >= 0.3 is 5.69 Å². The van der Waals surface area contributed by atoms with Gasteiger partial charge in [0.2, 0.25) is 5.95 Å². The second-order valence-corrected chi connectivity index (χ2v) is 6.41. The van der Waals surface area contributed by atoms with Gasteiger partial charge in [0.1, 0.15) is 11.3 Å². The molecule has 0 unspecified atom stereocenters. The highest BCUT2D eigenvalue weighted by Gasteiger charge is 2.12. The van der Waals surface area contributed by atoms with Gasteiger partial charge in [0, 0.05) is 10.1 Å². The Balaban J connectivity index is 1.97. The summed E-state index contributed by atoms with van der Waals surface area (Å²) in [6.07, 6.45) is 2.35. The van der Waals surface area contributed by atoms with Crippen molar-refractivity contribution in [3.63, 3.8) is 0 Å². The first-order valence-corrected chi connectivity index (χ1v) is 8.50. The van der Waals surface area contributed by atoms with E-state index in [0.717, 1.165) is 15.6 Å². The topological polar surface area (TPSA) is 102 Å². The minimum Gasteiger partial charge on any atom is -0.354 e. The van der Waals surface area contributed by atoms with Crippen molar-refractivity contribution in [3.05, 3.63) is 49.8 Å². The number of nitrogens with zero attached hydrogens (tertiary/aromatic N) is 3. The molecule has 2 heterocycles. The zero-order valence-corrected chi connectivity index (χ0v) is 14.9. The maximum atomic E-state index is 13.5. The lowest BCUT2D eigenvalue weighted by Crippen LogP contribution is -2.18. The quantitative estimate of drug-likeness (QED) is 0.399. The van der Waals surface area contributed by atoms with Crippen LogP contribution in [0, 0.1) is 9.39 Å². The number of nitrogens with one attached hydrogen (secondary N) is 2. The lowest BCUT2D eigenvalue weighted by atomic mass is 10.2. The van der Waals surface area contributed by atoms with E-state index < -0.39 is 0 Å². The van der Waals surface area contributed by atoms with Gasteiger partial charge in [0.25, 0.3) is 0 Å². The average molecular weight is 442 g/mol. The number of aromatic amines is 1. The first-order chi connectivity index (χ1) is 11.6. The van der Waals surface area contributed by atoms with Crippen molar-refractivity contribution in [3.8, 4) is 0 Å². The van der Waals surface area contributed by atoms with Crippen molar-refractivity contribution >= 4 is 39.7 Å². The van der Waals surface area contributed by atoms with Gasteiger partial charge < -0.3 is 16.0 Å². The molecule has 1 aromatic carbocycles. The van der Waals surface area contributed by atoms with Crippen LogP contribution in [-0.2, 0) is 6.54 Å². The maximum absolute atomic E-state index is 13.5. The fourth-order valence-corrected chi connectivity index (χ4v) is 2.82. The van der Waals surface area contributed by atoms with E-state index in [0.29, 0.717) is 30.2 Å². The van der Waals surface area contributed by atoms with Crippen LogP contribution in [0.25, 0.3) is 11.2 Å². The highest BCUT2D eigenvalue weighted by atomic mass is 127. The van der Waals surface area contributed by atoms with Gasteiger partial charge in [-0.3, -0.25) is 4.57 Å². The van der Waals surface area contributed by atoms with E-state index in [1.807, 2.05) is 0 Å². The molecular weight excluding hydrogens is 426 g/mol. The van der Waals surface area contributed by atoms with E-state index in [9.17, 15) is 9.18 Å². The molecule has 0 saturated carbocycles. The molecule has 0 fully saturated rings. The molecule has 24 heavy (non-hydrogen) atoms. The van der Waals surface area contributed by atoms with Crippen LogP contribution in [0.1, 0.15) is 12.0 Å². The van der Waals surface area contributed by atoms with E-state index in [-0.39, 0.29) is 18.1 Å². The monoisotopic (exact) mass is 442 g/mol. The minimum absolute atomic E-state index is 0.230. The van der Waals surface area contributed by atoms with Gasteiger partial charge in [0.15, 0.2) is 5.65 Å². The van der Waals surface area contributed by atoms with E-state index in [4.69, 9.17) is 5.73 Å². The molecule has 0 aliphatic rings. The molecule has 126 valence electrons. The smallest absolute Gasteiger partial charge is 0.328 e. The zero-order chi connectivity index (χ0) is 17.1. The van der Waals surface area contributed by atoms with E-state index in [1.54, 1.807) is 12.3 Å². The third kappa shape index (κ3) is 3.56. The lowest BCUT2D eigenvalue weighted by molar-refractivity contribution is 0.622. The second-order valence-electron chi connectivity index (χ2n) is 5.25. The van der Waals surface area contributed by atoms with Crippen LogP contribution in [0.4, 0.5) is 10.3 Å². The average Bonchev–Trinajstić information content (AvgIpc) is 2.87. The molecule has 3 aromatic rings. The Hall–Kier alpha value is -2.01. The molecule has 4 N–H and O–H groups in total. The molecule has 0 saturated heterocycles. The number of benzene rings is 1. The number of nitrogens with two attached hydrogens (primary N) is 1. The van der Waals surface area contributed by atoms with Crippen LogP contribution in [0.3, 0.4) is 0 Å². The Morgan fingerprint density at radius 2 is 2.25 bits per heavy atom. The Morgan fingerprint density at radius 1 is 1.42 bits per heavy atom. The molecule has 0 aliphatic carbocycles. The van der Waals surface area contributed by atoms with Crippen molar-refractivity contribution in [2.75, 3.05) is 18.4 Å². The van der Waals surface area contributed by atoms with Crippen molar-refractivity contribution in [1.82, 2.24) is 19.5 Å². The van der Waals surface area contributed by atoms with Crippen LogP contribution in [0.5, 0.6) is 0 Å². The first kappa shape index (κ1) is 16.8. The molecule has 7 nitrogen and oxygen atoms in total. The summed E-state index contributed by atoms with van der Waals surface area (Å²) in [5.41, 5.74) is 6.89. The number of rotatable bonds is 6. The van der Waals surface area contributed by atoms with E-state index >= 15 is 0 Å². The Kier molecular flexibility index (Phi) is 5.09. The van der Waals surface area contributed by atoms with Gasteiger partial charge in [-0.05, 0) is 59.3 Å². The molecule has 0 spiro atoms. The van der Waals surface area contributed by atoms with E-state index in [1.165, 1.54) is 16.7 Å². The van der Waals surface area contributed by atoms with Crippen LogP contribution in [0.2, 0.25) is 0 Å². The van der Waals surface area contributed by atoms with Gasteiger partial charge in [-0.15, -0.1) is 0 Å². The number of hydrogen-bond acceptors (Lipinski definition) is 5.